The first kappa shape index (κ1) is 21.7. The van der Waals surface area contributed by atoms with Crippen LogP contribution in [-0.2, 0) is 16.6 Å². The molecule has 184 valence electrons. The molecule has 2 spiro atoms. The average molecular weight is 466 g/mol. The zero-order valence-electron chi connectivity index (χ0n) is 21.2. The van der Waals surface area contributed by atoms with Gasteiger partial charge in [0, 0.05) is 36.6 Å². The van der Waals surface area contributed by atoms with Gasteiger partial charge in [-0.05, 0) is 68.5 Å². The summed E-state index contributed by atoms with van der Waals surface area (Å²) < 4.78 is 13.3. The third-order valence-electron chi connectivity index (χ3n) is 11.3. The van der Waals surface area contributed by atoms with E-state index in [1.54, 1.807) is 7.11 Å². The van der Waals surface area contributed by atoms with Gasteiger partial charge in [-0.1, -0.05) is 39.0 Å². The minimum atomic E-state index is -0.960. The first-order valence-corrected chi connectivity index (χ1v) is 13.3. The highest BCUT2D eigenvalue weighted by atomic mass is 16.6. The van der Waals surface area contributed by atoms with Crippen molar-refractivity contribution in [2.45, 2.75) is 88.6 Å². The van der Waals surface area contributed by atoms with Crippen LogP contribution in [0.3, 0.4) is 0 Å². The number of piperidine rings is 1. The van der Waals surface area contributed by atoms with Gasteiger partial charge in [0.2, 0.25) is 0 Å². The summed E-state index contributed by atoms with van der Waals surface area (Å²) in [6, 6.07) is 4.33. The lowest BCUT2D eigenvalue weighted by Crippen LogP contribution is -2.81. The number of hydrogen-bond acceptors (Lipinski definition) is 5. The molecule has 5 nitrogen and oxygen atoms in total. The van der Waals surface area contributed by atoms with E-state index < -0.39 is 11.2 Å². The fourth-order valence-corrected chi connectivity index (χ4v) is 8.94. The highest BCUT2D eigenvalue weighted by Crippen LogP contribution is 2.76. The second-order valence-corrected chi connectivity index (χ2v) is 13.4. The minimum Gasteiger partial charge on any atom is -0.504 e. The maximum Gasteiger partial charge on any atom is 0.165 e. The normalized spacial score (nSPS) is 43.4. The van der Waals surface area contributed by atoms with Gasteiger partial charge in [-0.2, -0.15) is 0 Å². The van der Waals surface area contributed by atoms with Crippen LogP contribution in [0.15, 0.2) is 24.3 Å². The summed E-state index contributed by atoms with van der Waals surface area (Å²) >= 11 is 0. The van der Waals surface area contributed by atoms with Crippen LogP contribution in [0.25, 0.3) is 0 Å². The number of hydrogen-bond donors (Lipinski definition) is 2. The molecule has 4 bridgehead atoms. The van der Waals surface area contributed by atoms with Crippen molar-refractivity contribution < 1.29 is 19.7 Å². The molecule has 2 saturated carbocycles. The lowest BCUT2D eigenvalue weighted by atomic mass is 9.35. The molecular formula is C29H39NO4. The molecule has 3 unspecified atom stereocenters. The number of nitrogens with zero attached hydrogens (tertiary/aromatic N) is 1. The van der Waals surface area contributed by atoms with Gasteiger partial charge >= 0.3 is 0 Å². The number of aromatic hydroxyl groups is 1. The number of rotatable bonds is 4. The fourth-order valence-electron chi connectivity index (χ4n) is 8.94. The van der Waals surface area contributed by atoms with Crippen molar-refractivity contribution in [2.24, 2.45) is 22.7 Å². The molecule has 1 aromatic carbocycles. The van der Waals surface area contributed by atoms with Gasteiger partial charge < -0.3 is 19.7 Å². The monoisotopic (exact) mass is 465 g/mol. The summed E-state index contributed by atoms with van der Waals surface area (Å²) in [7, 11) is 1.78. The molecule has 7 aliphatic rings. The van der Waals surface area contributed by atoms with Gasteiger partial charge in [-0.15, -0.1) is 0 Å². The molecule has 3 fully saturated rings. The van der Waals surface area contributed by atoms with Crippen molar-refractivity contribution in [1.82, 2.24) is 4.90 Å². The molecule has 0 aromatic heterocycles. The van der Waals surface area contributed by atoms with Crippen LogP contribution in [0.1, 0.15) is 64.5 Å². The van der Waals surface area contributed by atoms with Crippen LogP contribution in [-0.4, -0.2) is 58.7 Å². The zero-order valence-corrected chi connectivity index (χ0v) is 21.2. The van der Waals surface area contributed by atoms with E-state index >= 15 is 0 Å². The summed E-state index contributed by atoms with van der Waals surface area (Å²) in [5.74, 6) is 1.62. The standard InChI is InChI=1S/C29H39NO4/c1-25(2,3)26(4,32)20-15-27-10-11-29(20,33-5)24-28(27)12-13-30(16-17-6-7-17)21(27)14-18-8-9-19(31)23(34-24)22(18)28/h8-11,17,20-21,24,31-32H,6-7,12-16H2,1-5H3/t20-,21?,24-,26?,27?,28-,29-/m0/s1. The topological polar surface area (TPSA) is 62.2 Å². The fraction of sp³-hybridized carbons (Fsp3) is 0.724. The van der Waals surface area contributed by atoms with E-state index in [2.05, 4.69) is 43.9 Å². The Balaban J connectivity index is 1.49. The Hall–Kier alpha value is -1.56. The minimum absolute atomic E-state index is 0.116. The number of benzene rings is 1. The summed E-state index contributed by atoms with van der Waals surface area (Å²) in [5.41, 5.74) is 0.165. The number of ether oxygens (including phenoxy) is 2. The highest BCUT2D eigenvalue weighted by Gasteiger charge is 2.81. The summed E-state index contributed by atoms with van der Waals surface area (Å²) in [5, 5.41) is 23.1. The van der Waals surface area contributed by atoms with Crippen LogP contribution < -0.4 is 4.74 Å². The molecule has 8 rings (SSSR count). The lowest BCUT2D eigenvalue weighted by Gasteiger charge is -2.73. The van der Waals surface area contributed by atoms with E-state index in [0.29, 0.717) is 11.8 Å². The number of methoxy groups -OCH3 is 1. The van der Waals surface area contributed by atoms with Crippen molar-refractivity contribution >= 4 is 0 Å². The highest BCUT2D eigenvalue weighted by molar-refractivity contribution is 5.65. The van der Waals surface area contributed by atoms with Crippen molar-refractivity contribution in [1.29, 1.82) is 0 Å². The van der Waals surface area contributed by atoms with E-state index in [9.17, 15) is 10.2 Å². The van der Waals surface area contributed by atoms with Gasteiger partial charge in [-0.25, -0.2) is 0 Å². The third-order valence-corrected chi connectivity index (χ3v) is 11.3. The number of fused-ring (bicyclic) bond motifs is 1. The van der Waals surface area contributed by atoms with E-state index in [1.807, 2.05) is 13.0 Å². The first-order chi connectivity index (χ1) is 16.0. The molecule has 5 aliphatic carbocycles. The number of phenolic OH excluding ortho intramolecular Hbond substituents is 1. The van der Waals surface area contributed by atoms with E-state index in [-0.39, 0.29) is 34.0 Å². The third kappa shape index (κ3) is 2.20. The molecule has 0 amide bonds. The number of phenols is 1. The average Bonchev–Trinajstić information content (AvgIpc) is 3.53. The quantitative estimate of drug-likeness (QED) is 0.653. The predicted molar refractivity (Wildman–Crippen MR) is 130 cm³/mol. The Bertz CT molecular complexity index is 1100. The largest absolute Gasteiger partial charge is 0.504 e. The first-order valence-electron chi connectivity index (χ1n) is 13.3. The van der Waals surface area contributed by atoms with Crippen molar-refractivity contribution in [3.8, 4) is 11.5 Å². The molecular weight excluding hydrogens is 426 g/mol. The van der Waals surface area contributed by atoms with Crippen LogP contribution in [0.4, 0.5) is 0 Å². The van der Waals surface area contributed by atoms with Gasteiger partial charge in [0.05, 0.1) is 11.0 Å². The molecule has 1 aromatic rings. The Morgan fingerprint density at radius 2 is 1.94 bits per heavy atom. The molecule has 0 radical (unpaired) electrons. The zero-order chi connectivity index (χ0) is 23.9. The lowest BCUT2D eigenvalue weighted by molar-refractivity contribution is -0.263. The second-order valence-electron chi connectivity index (χ2n) is 13.4. The van der Waals surface area contributed by atoms with Gasteiger partial charge in [0.1, 0.15) is 11.7 Å². The number of aliphatic hydroxyl groups is 1. The Labute approximate surface area is 203 Å². The van der Waals surface area contributed by atoms with Crippen molar-refractivity contribution in [3.05, 3.63) is 35.4 Å². The summed E-state index contributed by atoms with van der Waals surface area (Å²) in [6.45, 7) is 10.6. The van der Waals surface area contributed by atoms with Crippen LogP contribution in [0, 0.1) is 22.7 Å². The number of likely N-dealkylation sites (tertiary alicyclic amines) is 1. The SMILES string of the molecule is CO[C@@]12C=CC3(C[C@H]1C(C)(O)C(C)(C)C)C1Cc4ccc(O)c5c4[C@@]3(CCN1CC1CC1)[C@@H]2O5. The maximum absolute atomic E-state index is 12.2. The van der Waals surface area contributed by atoms with Gasteiger partial charge in [-0.3, -0.25) is 4.90 Å². The molecule has 1 saturated heterocycles. The molecule has 5 heteroatoms. The van der Waals surface area contributed by atoms with Crippen molar-refractivity contribution in [2.75, 3.05) is 20.2 Å². The van der Waals surface area contributed by atoms with E-state index in [1.165, 1.54) is 30.5 Å². The Morgan fingerprint density at radius 3 is 2.62 bits per heavy atom. The Morgan fingerprint density at radius 1 is 1.18 bits per heavy atom. The summed E-state index contributed by atoms with van der Waals surface area (Å²) in [6.07, 6.45) is 10.0. The van der Waals surface area contributed by atoms with Gasteiger partial charge in [0.25, 0.3) is 0 Å². The van der Waals surface area contributed by atoms with Crippen LogP contribution >= 0.6 is 0 Å². The Kier molecular flexibility index (Phi) is 3.97. The second kappa shape index (κ2) is 6.22. The molecule has 2 heterocycles. The molecule has 2 aliphatic heterocycles. The molecule has 2 N–H and O–H groups in total. The van der Waals surface area contributed by atoms with Crippen LogP contribution in [0.5, 0.6) is 11.5 Å². The van der Waals surface area contributed by atoms with Gasteiger partial charge in [0.15, 0.2) is 11.5 Å². The van der Waals surface area contributed by atoms with Crippen LogP contribution in [0.2, 0.25) is 0 Å². The van der Waals surface area contributed by atoms with E-state index in [4.69, 9.17) is 9.47 Å². The molecule has 7 atom stereocenters. The summed E-state index contributed by atoms with van der Waals surface area (Å²) in [4.78, 5) is 2.77. The van der Waals surface area contributed by atoms with E-state index in [0.717, 1.165) is 31.7 Å². The predicted octanol–water partition coefficient (Wildman–Crippen LogP) is 4.19. The maximum atomic E-state index is 12.2. The molecule has 34 heavy (non-hydrogen) atoms. The van der Waals surface area contributed by atoms with Crippen molar-refractivity contribution in [3.63, 3.8) is 0 Å². The smallest absolute Gasteiger partial charge is 0.165 e.